The second-order valence-electron chi connectivity index (χ2n) is 10.8. The minimum Gasteiger partial charge on any atom is -0.494 e. The Morgan fingerprint density at radius 3 is 2.50 bits per heavy atom. The zero-order valence-electron chi connectivity index (χ0n) is 24.3. The van der Waals surface area contributed by atoms with Crippen LogP contribution in [0.3, 0.4) is 0 Å². The highest BCUT2D eigenvalue weighted by Crippen LogP contribution is 2.41. The number of thiazole rings is 1. The number of hydrogen-bond acceptors (Lipinski definition) is 6. The van der Waals surface area contributed by atoms with E-state index in [0.717, 1.165) is 26.9 Å². The highest BCUT2D eigenvalue weighted by Gasteiger charge is 2.32. The summed E-state index contributed by atoms with van der Waals surface area (Å²) in [4.78, 5) is 17.7. The van der Waals surface area contributed by atoms with E-state index in [0.29, 0.717) is 23.9 Å². The lowest BCUT2D eigenvalue weighted by Crippen LogP contribution is -2.23. The number of carbonyl (C=O) groups excluding carboxylic acids is 1. The number of rotatable bonds is 7. The molecule has 1 aliphatic rings. The number of benzene rings is 2. The normalized spacial score (nSPS) is 15.4. The number of fused-ring (bicyclic) bond motifs is 1. The van der Waals surface area contributed by atoms with Crippen LogP contribution < -0.4 is 10.5 Å². The molecule has 1 amide bonds. The summed E-state index contributed by atoms with van der Waals surface area (Å²) in [7, 11) is 1.56. The number of halogens is 5. The second kappa shape index (κ2) is 13.5. The predicted octanol–water partition coefficient (Wildman–Crippen LogP) is 7.83. The van der Waals surface area contributed by atoms with Gasteiger partial charge in [0.25, 0.3) is 0 Å². The van der Waals surface area contributed by atoms with Gasteiger partial charge >= 0.3 is 0 Å². The van der Waals surface area contributed by atoms with Gasteiger partial charge in [-0.3, -0.25) is 4.79 Å². The van der Waals surface area contributed by atoms with Gasteiger partial charge in [-0.05, 0) is 69.0 Å². The van der Waals surface area contributed by atoms with Crippen LogP contribution in [0.2, 0.25) is 5.02 Å². The number of ether oxygens (including phenoxy) is 1. The van der Waals surface area contributed by atoms with Crippen molar-refractivity contribution < 1.29 is 32.2 Å². The third-order valence-electron chi connectivity index (χ3n) is 7.17. The summed E-state index contributed by atoms with van der Waals surface area (Å²) in [6.07, 6.45) is 5.51. The molecule has 0 spiro atoms. The maximum absolute atomic E-state index is 15.9. The Kier molecular flexibility index (Phi) is 10.1. The molecule has 0 saturated heterocycles. The summed E-state index contributed by atoms with van der Waals surface area (Å²) in [6, 6.07) is 6.81. The van der Waals surface area contributed by atoms with Gasteiger partial charge in [-0.25, -0.2) is 27.5 Å². The van der Waals surface area contributed by atoms with E-state index in [-0.39, 0.29) is 29.8 Å². The molecule has 6 nitrogen and oxygen atoms in total. The Balaban J connectivity index is 0.00000141. The number of aromatic nitrogens is 2. The molecule has 0 bridgehead atoms. The molecule has 0 radical (unpaired) electrons. The number of hydrogen-bond donors (Lipinski definition) is 2. The van der Waals surface area contributed by atoms with E-state index in [1.165, 1.54) is 37.3 Å². The minimum absolute atomic E-state index is 0.0726. The van der Waals surface area contributed by atoms with Gasteiger partial charge in [0, 0.05) is 35.2 Å². The Morgan fingerprint density at radius 1 is 1.16 bits per heavy atom. The smallest absolute Gasteiger partial charge is 0.204 e. The Hall–Kier alpha value is -3.80. The first-order chi connectivity index (χ1) is 20.8. The molecule has 2 aromatic heterocycles. The van der Waals surface area contributed by atoms with Crippen LogP contribution in [0.1, 0.15) is 48.0 Å². The van der Waals surface area contributed by atoms with Crippen molar-refractivity contribution in [3.05, 3.63) is 98.7 Å². The van der Waals surface area contributed by atoms with Gasteiger partial charge < -0.3 is 15.6 Å². The van der Waals surface area contributed by atoms with Crippen molar-refractivity contribution in [2.75, 3.05) is 7.11 Å². The molecular formula is C32H30ClF4N3O3S. The summed E-state index contributed by atoms with van der Waals surface area (Å²) in [6.45, 7) is 4.70. The van der Waals surface area contributed by atoms with Crippen LogP contribution in [0.25, 0.3) is 21.5 Å². The largest absolute Gasteiger partial charge is 0.494 e. The van der Waals surface area contributed by atoms with Gasteiger partial charge in [-0.1, -0.05) is 23.8 Å². The fraction of sp³-hybridized carbons (Fsp3) is 0.281. The van der Waals surface area contributed by atoms with Crippen LogP contribution in [0, 0.1) is 30.3 Å². The van der Waals surface area contributed by atoms with Gasteiger partial charge in [0.05, 0.1) is 27.4 Å². The number of amides is 1. The van der Waals surface area contributed by atoms with Gasteiger partial charge in [0.1, 0.15) is 34.4 Å². The number of carbonyl (C=O) groups is 1. The average Bonchev–Trinajstić information content (AvgIpc) is 3.33. The molecule has 4 aromatic rings. The monoisotopic (exact) mass is 647 g/mol. The quantitative estimate of drug-likeness (QED) is 0.121. The predicted molar refractivity (Wildman–Crippen MR) is 164 cm³/mol. The number of allylic oxidation sites excluding steroid dienone is 4. The lowest BCUT2D eigenvalue weighted by molar-refractivity contribution is -0.106. The fourth-order valence-corrected chi connectivity index (χ4v) is 6.25. The number of aryl methyl sites for hydroxylation is 1. The third-order valence-corrected chi connectivity index (χ3v) is 8.37. The van der Waals surface area contributed by atoms with Crippen molar-refractivity contribution in [2.45, 2.75) is 45.1 Å². The van der Waals surface area contributed by atoms with Crippen LogP contribution in [-0.2, 0) is 16.8 Å². The molecule has 2 heterocycles. The van der Waals surface area contributed by atoms with Crippen molar-refractivity contribution in [1.82, 2.24) is 9.97 Å². The van der Waals surface area contributed by atoms with Gasteiger partial charge in [0.15, 0.2) is 5.82 Å². The number of methoxy groups -OCH3 is 1. The summed E-state index contributed by atoms with van der Waals surface area (Å²) < 4.78 is 65.9. The summed E-state index contributed by atoms with van der Waals surface area (Å²) >= 11 is 7.44. The van der Waals surface area contributed by atoms with E-state index in [2.05, 4.69) is 15.7 Å². The lowest BCUT2D eigenvalue weighted by Gasteiger charge is -2.29. The van der Waals surface area contributed by atoms with Crippen molar-refractivity contribution >= 4 is 39.6 Å². The highest BCUT2D eigenvalue weighted by molar-refractivity contribution is 7.18. The van der Waals surface area contributed by atoms with Crippen molar-refractivity contribution in [1.29, 1.82) is 0 Å². The summed E-state index contributed by atoms with van der Waals surface area (Å²) in [5, 5.41) is 11.4. The molecule has 232 valence electrons. The van der Waals surface area contributed by atoms with Crippen molar-refractivity contribution in [3.8, 4) is 17.0 Å². The number of nitrogens with zero attached hydrogens (tertiary/aromatic N) is 2. The number of nitrogens with two attached hydrogens (primary N) is 1. The zero-order valence-corrected chi connectivity index (χ0v) is 25.9. The minimum atomic E-state index is -1.68. The number of pyridine rings is 1. The highest BCUT2D eigenvalue weighted by atomic mass is 35.5. The van der Waals surface area contributed by atoms with Crippen molar-refractivity contribution in [2.24, 2.45) is 11.7 Å². The molecule has 0 aliphatic heterocycles. The van der Waals surface area contributed by atoms with Gasteiger partial charge in [0.2, 0.25) is 6.41 Å². The molecule has 5 rings (SSSR count). The second-order valence-corrected chi connectivity index (χ2v) is 12.4. The molecule has 12 heteroatoms. The van der Waals surface area contributed by atoms with Crippen molar-refractivity contribution in [3.63, 3.8) is 0 Å². The standard InChI is InChI=1S/C31H27ClF4N2O2S.CH3NO/c1-15-37-30-26(40-4)9-16(10-27(30)41-15)8-19(17-6-5-7-18(33)11-17)25-13-21(31(2,3)39)28(36)29(38-25)20-12-22(32)24(35)14-23(20)34;2-1-3/h5-7,9-10,12-14,17,19,39H,8,11H2,1-4H3;1H,(H2,2,3). The molecule has 1 aliphatic carbocycles. The van der Waals surface area contributed by atoms with Crippen LogP contribution >= 0.6 is 22.9 Å². The Bertz CT molecular complexity index is 1770. The third kappa shape index (κ3) is 7.11. The van der Waals surface area contributed by atoms with E-state index < -0.39 is 45.6 Å². The maximum Gasteiger partial charge on any atom is 0.204 e. The van der Waals surface area contributed by atoms with Crippen LogP contribution in [0.15, 0.2) is 54.4 Å². The molecule has 2 unspecified atom stereocenters. The first-order valence-corrected chi connectivity index (χ1v) is 14.7. The molecule has 0 fully saturated rings. The zero-order chi connectivity index (χ0) is 32.3. The Morgan fingerprint density at radius 2 is 1.86 bits per heavy atom. The molecule has 2 aromatic carbocycles. The van der Waals surface area contributed by atoms with Gasteiger partial charge in [-0.15, -0.1) is 11.3 Å². The SMILES string of the molecule is COc1cc(CC(c2cc(C(C)(C)O)c(F)c(-c3cc(Cl)c(F)cc3F)n2)C2C=CC=C(F)C2)cc2sc(C)nc12.NC=O. The lowest BCUT2D eigenvalue weighted by atomic mass is 9.79. The van der Waals surface area contributed by atoms with E-state index in [9.17, 15) is 18.3 Å². The number of primary amides is 1. The maximum atomic E-state index is 15.9. The molecular weight excluding hydrogens is 618 g/mol. The molecule has 44 heavy (non-hydrogen) atoms. The van der Waals surface area contributed by atoms with Crippen LogP contribution in [0.5, 0.6) is 5.75 Å². The number of aliphatic hydroxyl groups is 1. The van der Waals surface area contributed by atoms with E-state index in [4.69, 9.17) is 21.1 Å². The van der Waals surface area contributed by atoms with Crippen LogP contribution in [-0.4, -0.2) is 28.6 Å². The van der Waals surface area contributed by atoms with E-state index in [1.54, 1.807) is 13.2 Å². The molecule has 0 saturated carbocycles. The van der Waals surface area contributed by atoms with E-state index in [1.807, 2.05) is 25.1 Å². The van der Waals surface area contributed by atoms with Crippen LogP contribution in [0.4, 0.5) is 17.6 Å². The molecule has 3 N–H and O–H groups in total. The topological polar surface area (TPSA) is 98.3 Å². The average molecular weight is 648 g/mol. The first kappa shape index (κ1) is 33.1. The molecule has 2 atom stereocenters. The summed E-state index contributed by atoms with van der Waals surface area (Å²) in [5.41, 5.74) is 3.46. The summed E-state index contributed by atoms with van der Waals surface area (Å²) in [5.74, 6) is -3.68. The first-order valence-electron chi connectivity index (χ1n) is 13.5. The Labute approximate surface area is 260 Å². The van der Waals surface area contributed by atoms with Gasteiger partial charge in [-0.2, -0.15) is 0 Å². The van der Waals surface area contributed by atoms with E-state index >= 15 is 4.39 Å². The fourth-order valence-electron chi connectivity index (χ4n) is 5.17.